The summed E-state index contributed by atoms with van der Waals surface area (Å²) in [6.45, 7) is 3.55. The van der Waals surface area contributed by atoms with Crippen molar-refractivity contribution in [3.8, 4) is 0 Å². The van der Waals surface area contributed by atoms with Crippen molar-refractivity contribution in [2.45, 2.75) is 13.8 Å². The summed E-state index contributed by atoms with van der Waals surface area (Å²) in [5.74, 6) is 1.01. The normalized spacial score (nSPS) is 10.9. The van der Waals surface area contributed by atoms with Crippen molar-refractivity contribution in [2.24, 2.45) is 5.10 Å². The van der Waals surface area contributed by atoms with Crippen LogP contribution in [0.2, 0.25) is 0 Å². The molecule has 19 heavy (non-hydrogen) atoms. The van der Waals surface area contributed by atoms with Gasteiger partial charge in [-0.25, -0.2) is 5.43 Å². The van der Waals surface area contributed by atoms with E-state index in [1.807, 2.05) is 24.3 Å². The van der Waals surface area contributed by atoms with Gasteiger partial charge in [0, 0.05) is 10.0 Å². The van der Waals surface area contributed by atoms with Crippen LogP contribution in [0.4, 0.5) is 0 Å². The van der Waals surface area contributed by atoms with Crippen molar-refractivity contribution in [1.82, 2.24) is 5.43 Å². The van der Waals surface area contributed by atoms with Crippen LogP contribution in [-0.4, -0.2) is 12.1 Å². The molecule has 0 saturated heterocycles. The SMILES string of the molecule is Cc1cc(C(=O)NN=Cc2ccccc2Br)c(C)o1. The Hall–Kier alpha value is -1.88. The Morgan fingerprint density at radius 2 is 2.11 bits per heavy atom. The molecule has 2 rings (SSSR count). The predicted octanol–water partition coefficient (Wildman–Crippen LogP) is 3.42. The molecule has 2 aromatic rings. The largest absolute Gasteiger partial charge is 0.466 e. The Morgan fingerprint density at radius 1 is 1.37 bits per heavy atom. The number of rotatable bonds is 3. The van der Waals surface area contributed by atoms with E-state index >= 15 is 0 Å². The molecule has 0 aliphatic rings. The maximum absolute atomic E-state index is 11.9. The van der Waals surface area contributed by atoms with E-state index in [0.29, 0.717) is 17.1 Å². The molecule has 5 heteroatoms. The van der Waals surface area contributed by atoms with Crippen LogP contribution in [0, 0.1) is 13.8 Å². The van der Waals surface area contributed by atoms with Gasteiger partial charge in [0.05, 0.1) is 11.8 Å². The summed E-state index contributed by atoms with van der Waals surface area (Å²) < 4.78 is 6.22. The molecular formula is C14H13BrN2O2. The highest BCUT2D eigenvalue weighted by atomic mass is 79.9. The van der Waals surface area contributed by atoms with Gasteiger partial charge < -0.3 is 4.42 Å². The number of hydrogen-bond acceptors (Lipinski definition) is 3. The number of amides is 1. The van der Waals surface area contributed by atoms with Gasteiger partial charge in [0.15, 0.2) is 0 Å². The number of nitrogens with one attached hydrogen (secondary N) is 1. The lowest BCUT2D eigenvalue weighted by Crippen LogP contribution is -2.17. The molecule has 0 aliphatic heterocycles. The van der Waals surface area contributed by atoms with Crippen LogP contribution < -0.4 is 5.43 Å². The van der Waals surface area contributed by atoms with Gasteiger partial charge in [-0.1, -0.05) is 34.1 Å². The number of aryl methyl sites for hydroxylation is 2. The number of halogens is 1. The summed E-state index contributed by atoms with van der Waals surface area (Å²) >= 11 is 3.40. The van der Waals surface area contributed by atoms with Gasteiger partial charge in [0.25, 0.3) is 5.91 Å². The third-order valence-corrected chi connectivity index (χ3v) is 3.28. The number of hydrazone groups is 1. The zero-order chi connectivity index (χ0) is 13.8. The van der Waals surface area contributed by atoms with E-state index in [9.17, 15) is 4.79 Å². The van der Waals surface area contributed by atoms with Crippen molar-refractivity contribution < 1.29 is 9.21 Å². The molecule has 1 amide bonds. The van der Waals surface area contributed by atoms with Gasteiger partial charge in [-0.2, -0.15) is 5.10 Å². The average molecular weight is 321 g/mol. The number of hydrogen-bond donors (Lipinski definition) is 1. The summed E-state index contributed by atoms with van der Waals surface area (Å²) in [6, 6.07) is 9.31. The van der Waals surface area contributed by atoms with Gasteiger partial charge >= 0.3 is 0 Å². The second-order valence-electron chi connectivity index (χ2n) is 4.05. The van der Waals surface area contributed by atoms with Gasteiger partial charge in [0.2, 0.25) is 0 Å². The van der Waals surface area contributed by atoms with E-state index in [2.05, 4.69) is 26.5 Å². The molecule has 0 bridgehead atoms. The lowest BCUT2D eigenvalue weighted by atomic mass is 10.2. The minimum atomic E-state index is -0.280. The fourth-order valence-corrected chi connectivity index (χ4v) is 2.04. The Kier molecular flexibility index (Phi) is 4.16. The van der Waals surface area contributed by atoms with Crippen LogP contribution in [0.25, 0.3) is 0 Å². The molecule has 0 aliphatic carbocycles. The Labute approximate surface area is 119 Å². The number of furan rings is 1. The van der Waals surface area contributed by atoms with E-state index in [-0.39, 0.29) is 5.91 Å². The molecule has 0 saturated carbocycles. The van der Waals surface area contributed by atoms with Crippen LogP contribution >= 0.6 is 15.9 Å². The van der Waals surface area contributed by atoms with Crippen molar-refractivity contribution in [1.29, 1.82) is 0 Å². The molecule has 1 heterocycles. The number of carbonyl (C=O) groups excluding carboxylic acids is 1. The zero-order valence-corrected chi connectivity index (χ0v) is 12.2. The van der Waals surface area contributed by atoms with Gasteiger partial charge in [-0.3, -0.25) is 4.79 Å². The van der Waals surface area contributed by atoms with Crippen molar-refractivity contribution in [3.05, 3.63) is 57.5 Å². The molecule has 0 spiro atoms. The van der Waals surface area contributed by atoms with Crippen molar-refractivity contribution in [3.63, 3.8) is 0 Å². The summed E-state index contributed by atoms with van der Waals surface area (Å²) in [5, 5.41) is 3.93. The highest BCUT2D eigenvalue weighted by molar-refractivity contribution is 9.10. The molecule has 1 N–H and O–H groups in total. The molecule has 98 valence electrons. The monoisotopic (exact) mass is 320 g/mol. The summed E-state index contributed by atoms with van der Waals surface area (Å²) in [5.41, 5.74) is 3.87. The summed E-state index contributed by atoms with van der Waals surface area (Å²) in [4.78, 5) is 11.9. The first-order valence-corrected chi connectivity index (χ1v) is 6.52. The van der Waals surface area contributed by atoms with E-state index in [1.54, 1.807) is 26.1 Å². The van der Waals surface area contributed by atoms with Gasteiger partial charge in [-0.15, -0.1) is 0 Å². The first-order valence-electron chi connectivity index (χ1n) is 5.73. The lowest BCUT2D eigenvalue weighted by molar-refractivity contribution is 0.0953. The molecule has 1 aromatic heterocycles. The van der Waals surface area contributed by atoms with Gasteiger partial charge in [0.1, 0.15) is 11.5 Å². The molecular weight excluding hydrogens is 308 g/mol. The van der Waals surface area contributed by atoms with E-state index < -0.39 is 0 Å². The topological polar surface area (TPSA) is 54.6 Å². The third kappa shape index (κ3) is 3.32. The fourth-order valence-electron chi connectivity index (χ4n) is 1.66. The zero-order valence-electron chi connectivity index (χ0n) is 10.6. The first kappa shape index (κ1) is 13.5. The number of carbonyl (C=O) groups is 1. The van der Waals surface area contributed by atoms with Crippen LogP contribution in [-0.2, 0) is 0 Å². The van der Waals surface area contributed by atoms with Crippen molar-refractivity contribution >= 4 is 28.1 Å². The maximum Gasteiger partial charge on any atom is 0.274 e. The summed E-state index contributed by atoms with van der Waals surface area (Å²) in [6.07, 6.45) is 1.59. The van der Waals surface area contributed by atoms with Crippen LogP contribution in [0.3, 0.4) is 0 Å². The second-order valence-corrected chi connectivity index (χ2v) is 4.90. The highest BCUT2D eigenvalue weighted by Crippen LogP contribution is 2.14. The van der Waals surface area contributed by atoms with Crippen LogP contribution in [0.15, 0.2) is 44.3 Å². The highest BCUT2D eigenvalue weighted by Gasteiger charge is 2.12. The minimum Gasteiger partial charge on any atom is -0.466 e. The fraction of sp³-hybridized carbons (Fsp3) is 0.143. The first-order chi connectivity index (χ1) is 9.08. The molecule has 4 nitrogen and oxygen atoms in total. The Bertz CT molecular complexity index is 632. The minimum absolute atomic E-state index is 0.280. The molecule has 0 atom stereocenters. The molecule has 0 fully saturated rings. The average Bonchev–Trinajstić information content (AvgIpc) is 2.71. The van der Waals surface area contributed by atoms with Gasteiger partial charge in [-0.05, 0) is 26.0 Å². The van der Waals surface area contributed by atoms with E-state index in [1.165, 1.54) is 0 Å². The second kappa shape index (κ2) is 5.84. The van der Waals surface area contributed by atoms with Crippen LogP contribution in [0.1, 0.15) is 27.4 Å². The number of benzene rings is 1. The molecule has 1 aromatic carbocycles. The standard InChI is InChI=1S/C14H13BrN2O2/c1-9-7-12(10(2)19-9)14(18)17-16-8-11-5-3-4-6-13(11)15/h3-8H,1-2H3,(H,17,18). The Morgan fingerprint density at radius 3 is 2.74 bits per heavy atom. The smallest absolute Gasteiger partial charge is 0.274 e. The van der Waals surface area contributed by atoms with E-state index in [4.69, 9.17) is 4.42 Å². The van der Waals surface area contributed by atoms with Crippen LogP contribution in [0.5, 0.6) is 0 Å². The lowest BCUT2D eigenvalue weighted by Gasteiger charge is -1.98. The number of nitrogens with zero attached hydrogens (tertiary/aromatic N) is 1. The quantitative estimate of drug-likeness (QED) is 0.696. The molecule has 0 radical (unpaired) electrons. The van der Waals surface area contributed by atoms with Crippen molar-refractivity contribution in [2.75, 3.05) is 0 Å². The van der Waals surface area contributed by atoms with E-state index in [0.717, 1.165) is 10.0 Å². The summed E-state index contributed by atoms with van der Waals surface area (Å²) in [7, 11) is 0. The molecule has 0 unspecified atom stereocenters. The Balaban J connectivity index is 2.05. The maximum atomic E-state index is 11.9. The third-order valence-electron chi connectivity index (χ3n) is 2.56. The predicted molar refractivity (Wildman–Crippen MR) is 77.4 cm³/mol.